The third-order valence-corrected chi connectivity index (χ3v) is 3.10. The van der Waals surface area contributed by atoms with Crippen LogP contribution >= 0.6 is 15.9 Å². The molecule has 0 aromatic heterocycles. The zero-order valence-electron chi connectivity index (χ0n) is 8.37. The molecule has 80 valence electrons. The predicted octanol–water partition coefficient (Wildman–Crippen LogP) is 2.55. The van der Waals surface area contributed by atoms with E-state index >= 15 is 0 Å². The Morgan fingerprint density at radius 2 is 2.13 bits per heavy atom. The van der Waals surface area contributed by atoms with E-state index in [-0.39, 0.29) is 5.91 Å². The molecule has 0 spiro atoms. The molecule has 0 bridgehead atoms. The van der Waals surface area contributed by atoms with Crippen molar-refractivity contribution < 1.29 is 4.79 Å². The first kappa shape index (κ1) is 10.5. The molecule has 0 saturated carbocycles. The minimum Gasteiger partial charge on any atom is -0.397 e. The number of rotatable bonds is 1. The van der Waals surface area contributed by atoms with Crippen LogP contribution in [0.3, 0.4) is 0 Å². The van der Waals surface area contributed by atoms with Gasteiger partial charge >= 0.3 is 0 Å². The van der Waals surface area contributed by atoms with Crippen LogP contribution in [0.25, 0.3) is 0 Å². The van der Waals surface area contributed by atoms with Crippen LogP contribution in [0, 0.1) is 0 Å². The molecule has 1 aromatic carbocycles. The standard InChI is InChI=1S/C11H13BrN2O/c12-8-4-5-10(9(13)7-8)14-6-2-1-3-11(14)15/h4-5,7H,1-3,6,13H2. The molecule has 2 N–H and O–H groups in total. The molecule has 15 heavy (non-hydrogen) atoms. The number of nitrogen functional groups attached to an aromatic ring is 1. The van der Waals surface area contributed by atoms with Crippen LogP contribution in [0.1, 0.15) is 19.3 Å². The number of benzene rings is 1. The molecule has 1 aliphatic heterocycles. The van der Waals surface area contributed by atoms with Crippen molar-refractivity contribution in [2.24, 2.45) is 0 Å². The van der Waals surface area contributed by atoms with Crippen LogP contribution in [-0.4, -0.2) is 12.5 Å². The Balaban J connectivity index is 2.31. The largest absolute Gasteiger partial charge is 0.397 e. The minimum atomic E-state index is 0.176. The maximum Gasteiger partial charge on any atom is 0.227 e. The van der Waals surface area contributed by atoms with Gasteiger partial charge in [-0.1, -0.05) is 15.9 Å². The van der Waals surface area contributed by atoms with Crippen LogP contribution < -0.4 is 10.6 Å². The molecule has 2 rings (SSSR count). The SMILES string of the molecule is Nc1cc(Br)ccc1N1CCCCC1=O. The highest BCUT2D eigenvalue weighted by Crippen LogP contribution is 2.29. The lowest BCUT2D eigenvalue weighted by Gasteiger charge is -2.27. The monoisotopic (exact) mass is 268 g/mol. The third-order valence-electron chi connectivity index (χ3n) is 2.60. The van der Waals surface area contributed by atoms with Gasteiger partial charge in [-0.3, -0.25) is 4.79 Å². The molecule has 0 aliphatic carbocycles. The molecule has 1 saturated heterocycles. The average Bonchev–Trinajstić information content (AvgIpc) is 2.20. The quantitative estimate of drug-likeness (QED) is 0.796. The highest BCUT2D eigenvalue weighted by Gasteiger charge is 2.20. The average molecular weight is 269 g/mol. The van der Waals surface area contributed by atoms with E-state index in [0.29, 0.717) is 12.1 Å². The molecular formula is C11H13BrN2O. The zero-order valence-corrected chi connectivity index (χ0v) is 9.96. The highest BCUT2D eigenvalue weighted by atomic mass is 79.9. The smallest absolute Gasteiger partial charge is 0.227 e. The van der Waals surface area contributed by atoms with E-state index in [1.807, 2.05) is 18.2 Å². The first-order chi connectivity index (χ1) is 7.18. The summed E-state index contributed by atoms with van der Waals surface area (Å²) in [5, 5.41) is 0. The van der Waals surface area contributed by atoms with Crippen molar-refractivity contribution >= 4 is 33.2 Å². The number of hydrogen-bond donors (Lipinski definition) is 1. The van der Waals surface area contributed by atoms with Crippen LogP contribution in [0.15, 0.2) is 22.7 Å². The van der Waals surface area contributed by atoms with Crippen LogP contribution in [-0.2, 0) is 4.79 Å². The lowest BCUT2D eigenvalue weighted by atomic mass is 10.1. The number of nitrogens with two attached hydrogens (primary N) is 1. The summed E-state index contributed by atoms with van der Waals surface area (Å²) in [6.45, 7) is 0.782. The van der Waals surface area contributed by atoms with Crippen molar-refractivity contribution in [2.75, 3.05) is 17.2 Å². The third kappa shape index (κ3) is 2.15. The van der Waals surface area contributed by atoms with Crippen molar-refractivity contribution in [3.63, 3.8) is 0 Å². The van der Waals surface area contributed by atoms with Gasteiger partial charge in [0.25, 0.3) is 0 Å². The maximum atomic E-state index is 11.7. The predicted molar refractivity (Wildman–Crippen MR) is 64.8 cm³/mol. The summed E-state index contributed by atoms with van der Waals surface area (Å²) in [5.41, 5.74) is 7.38. The Morgan fingerprint density at radius 3 is 2.80 bits per heavy atom. The fraction of sp³-hybridized carbons (Fsp3) is 0.364. The molecule has 1 fully saturated rings. The number of anilines is 2. The fourth-order valence-corrected chi connectivity index (χ4v) is 2.21. The molecule has 0 unspecified atom stereocenters. The van der Waals surface area contributed by atoms with Crippen molar-refractivity contribution in [3.05, 3.63) is 22.7 Å². The van der Waals surface area contributed by atoms with Gasteiger partial charge in [-0.25, -0.2) is 0 Å². The van der Waals surface area contributed by atoms with Gasteiger partial charge in [-0.15, -0.1) is 0 Å². The zero-order chi connectivity index (χ0) is 10.8. The van der Waals surface area contributed by atoms with E-state index in [2.05, 4.69) is 15.9 Å². The Bertz CT molecular complexity index is 392. The van der Waals surface area contributed by atoms with Gasteiger partial charge in [0.2, 0.25) is 5.91 Å². The lowest BCUT2D eigenvalue weighted by Crippen LogP contribution is -2.35. The van der Waals surface area contributed by atoms with Gasteiger partial charge < -0.3 is 10.6 Å². The summed E-state index contributed by atoms with van der Waals surface area (Å²) in [4.78, 5) is 13.5. The van der Waals surface area contributed by atoms with E-state index in [1.165, 1.54) is 0 Å². The number of nitrogens with zero attached hydrogens (tertiary/aromatic N) is 1. The maximum absolute atomic E-state index is 11.7. The van der Waals surface area contributed by atoms with Crippen molar-refractivity contribution in [2.45, 2.75) is 19.3 Å². The second-order valence-electron chi connectivity index (χ2n) is 3.71. The summed E-state index contributed by atoms with van der Waals surface area (Å²) in [7, 11) is 0. The van der Waals surface area contributed by atoms with Crippen molar-refractivity contribution in [1.29, 1.82) is 0 Å². The molecular weight excluding hydrogens is 256 g/mol. The van der Waals surface area contributed by atoms with E-state index in [1.54, 1.807) is 4.90 Å². The Kier molecular flexibility index (Phi) is 2.95. The van der Waals surface area contributed by atoms with Crippen molar-refractivity contribution in [1.82, 2.24) is 0 Å². The summed E-state index contributed by atoms with van der Waals surface area (Å²) in [6.07, 6.45) is 2.68. The number of carbonyl (C=O) groups is 1. The highest BCUT2D eigenvalue weighted by molar-refractivity contribution is 9.10. The summed E-state index contributed by atoms with van der Waals surface area (Å²) >= 11 is 3.35. The molecule has 0 radical (unpaired) electrons. The molecule has 1 heterocycles. The van der Waals surface area contributed by atoms with E-state index in [9.17, 15) is 4.79 Å². The molecule has 4 heteroatoms. The van der Waals surface area contributed by atoms with Gasteiger partial charge in [0, 0.05) is 17.4 Å². The minimum absolute atomic E-state index is 0.176. The second kappa shape index (κ2) is 4.23. The number of hydrogen-bond acceptors (Lipinski definition) is 2. The van der Waals surface area contributed by atoms with Gasteiger partial charge in [-0.2, -0.15) is 0 Å². The molecule has 1 aromatic rings. The Labute approximate surface area is 97.4 Å². The lowest BCUT2D eigenvalue weighted by molar-refractivity contribution is -0.119. The second-order valence-corrected chi connectivity index (χ2v) is 4.62. The number of carbonyl (C=O) groups excluding carboxylic acids is 1. The summed E-state index contributed by atoms with van der Waals surface area (Å²) in [5.74, 6) is 0.176. The first-order valence-electron chi connectivity index (χ1n) is 5.04. The molecule has 0 atom stereocenters. The topological polar surface area (TPSA) is 46.3 Å². The Hall–Kier alpha value is -1.03. The number of halogens is 1. The fourth-order valence-electron chi connectivity index (χ4n) is 1.83. The van der Waals surface area contributed by atoms with Gasteiger partial charge in [0.15, 0.2) is 0 Å². The molecule has 1 aliphatic rings. The van der Waals surface area contributed by atoms with E-state index in [0.717, 1.165) is 29.5 Å². The van der Waals surface area contributed by atoms with Crippen molar-refractivity contribution in [3.8, 4) is 0 Å². The van der Waals surface area contributed by atoms with E-state index in [4.69, 9.17) is 5.73 Å². The van der Waals surface area contributed by atoms with Gasteiger partial charge in [0.05, 0.1) is 11.4 Å². The summed E-state index contributed by atoms with van der Waals surface area (Å²) in [6, 6.07) is 5.63. The van der Waals surface area contributed by atoms with Crippen LogP contribution in [0.5, 0.6) is 0 Å². The number of amides is 1. The number of piperidine rings is 1. The first-order valence-corrected chi connectivity index (χ1v) is 5.83. The van der Waals surface area contributed by atoms with E-state index < -0.39 is 0 Å². The van der Waals surface area contributed by atoms with Gasteiger partial charge in [-0.05, 0) is 31.0 Å². The Morgan fingerprint density at radius 1 is 1.33 bits per heavy atom. The summed E-state index contributed by atoms with van der Waals surface area (Å²) < 4.78 is 0.938. The van der Waals surface area contributed by atoms with Crippen LogP contribution in [0.2, 0.25) is 0 Å². The normalized spacial score (nSPS) is 16.9. The van der Waals surface area contributed by atoms with Crippen LogP contribution in [0.4, 0.5) is 11.4 Å². The molecule has 3 nitrogen and oxygen atoms in total. The van der Waals surface area contributed by atoms with Gasteiger partial charge in [0.1, 0.15) is 0 Å². The molecule has 1 amide bonds.